The minimum Gasteiger partial charge on any atom is -0.497 e. The van der Waals surface area contributed by atoms with Crippen molar-refractivity contribution in [3.63, 3.8) is 0 Å². The highest BCUT2D eigenvalue weighted by Gasteiger charge is 2.27. The number of nitrogens with one attached hydrogen (secondary N) is 2. The summed E-state index contributed by atoms with van der Waals surface area (Å²) in [5, 5.41) is 5.36. The lowest BCUT2D eigenvalue weighted by molar-refractivity contribution is -0.145. The molecule has 0 bridgehead atoms. The molecule has 0 heterocycles. The maximum absolute atomic E-state index is 12.9. The number of esters is 1. The Hall–Kier alpha value is -3.35. The molecule has 2 rings (SSSR count). The largest absolute Gasteiger partial charge is 0.497 e. The molecular formula is C22H26N2O5. The Bertz CT molecular complexity index is 821. The first-order valence-electron chi connectivity index (χ1n) is 9.25. The van der Waals surface area contributed by atoms with Crippen molar-refractivity contribution in [2.75, 3.05) is 14.2 Å². The van der Waals surface area contributed by atoms with Crippen molar-refractivity contribution in [1.29, 1.82) is 0 Å². The molecule has 2 atom stereocenters. The highest BCUT2D eigenvalue weighted by atomic mass is 16.5. The Morgan fingerprint density at radius 3 is 1.97 bits per heavy atom. The number of rotatable bonds is 9. The summed E-state index contributed by atoms with van der Waals surface area (Å²) in [4.78, 5) is 36.7. The van der Waals surface area contributed by atoms with Gasteiger partial charge in [0, 0.05) is 19.8 Å². The molecule has 0 aromatic heterocycles. The Balaban J connectivity index is 2.13. The van der Waals surface area contributed by atoms with E-state index in [0.29, 0.717) is 12.2 Å². The third-order valence-corrected chi connectivity index (χ3v) is 4.38. The van der Waals surface area contributed by atoms with Gasteiger partial charge >= 0.3 is 5.97 Å². The third-order valence-electron chi connectivity index (χ3n) is 4.38. The van der Waals surface area contributed by atoms with Gasteiger partial charge in [0.15, 0.2) is 0 Å². The van der Waals surface area contributed by atoms with Gasteiger partial charge < -0.3 is 20.1 Å². The second kappa shape index (κ2) is 10.8. The minimum absolute atomic E-state index is 0.251. The van der Waals surface area contributed by atoms with Crippen LogP contribution in [-0.4, -0.2) is 44.1 Å². The molecule has 7 nitrogen and oxygen atoms in total. The van der Waals surface area contributed by atoms with Crippen LogP contribution in [0.25, 0.3) is 0 Å². The fraction of sp³-hybridized carbons (Fsp3) is 0.318. The van der Waals surface area contributed by atoms with E-state index in [1.54, 1.807) is 19.2 Å². The topological polar surface area (TPSA) is 93.7 Å². The summed E-state index contributed by atoms with van der Waals surface area (Å²) in [5.74, 6) is -0.643. The standard InChI is InChI=1S/C22H26N2O5/c1-15(25)23-19(13-16-7-5-4-6-8-16)21(26)24-20(22(27)29-3)14-17-9-11-18(28-2)12-10-17/h4-12,19-20H,13-14H2,1-3H3,(H,23,25)(H,24,26)/t19-,20-/m0/s1. The normalized spacial score (nSPS) is 12.4. The average Bonchev–Trinajstić information content (AvgIpc) is 2.73. The lowest BCUT2D eigenvalue weighted by atomic mass is 10.0. The predicted octanol–water partition coefficient (Wildman–Crippen LogP) is 1.64. The van der Waals surface area contributed by atoms with Gasteiger partial charge in [-0.2, -0.15) is 0 Å². The molecule has 0 radical (unpaired) electrons. The Kier molecular flexibility index (Phi) is 8.21. The average molecular weight is 398 g/mol. The van der Waals surface area contributed by atoms with Crippen LogP contribution in [-0.2, 0) is 32.0 Å². The van der Waals surface area contributed by atoms with Crippen molar-refractivity contribution >= 4 is 17.8 Å². The molecule has 29 heavy (non-hydrogen) atoms. The molecule has 2 N–H and O–H groups in total. The molecule has 0 unspecified atom stereocenters. The molecule has 0 aliphatic carbocycles. The van der Waals surface area contributed by atoms with Crippen LogP contribution in [0.3, 0.4) is 0 Å². The van der Waals surface area contributed by atoms with Crippen LogP contribution in [0.2, 0.25) is 0 Å². The minimum atomic E-state index is -0.882. The zero-order valence-electron chi connectivity index (χ0n) is 16.8. The lowest BCUT2D eigenvalue weighted by Gasteiger charge is -2.22. The van der Waals surface area contributed by atoms with Gasteiger partial charge in [-0.1, -0.05) is 42.5 Å². The zero-order chi connectivity index (χ0) is 21.2. The van der Waals surface area contributed by atoms with Crippen LogP contribution in [0.15, 0.2) is 54.6 Å². The van der Waals surface area contributed by atoms with E-state index in [1.807, 2.05) is 42.5 Å². The number of methoxy groups -OCH3 is 2. The summed E-state index contributed by atoms with van der Waals surface area (Å²) in [6.45, 7) is 1.35. The molecule has 0 saturated carbocycles. The molecule has 0 spiro atoms. The third kappa shape index (κ3) is 6.95. The van der Waals surface area contributed by atoms with Crippen molar-refractivity contribution in [2.24, 2.45) is 0 Å². The molecule has 0 saturated heterocycles. The molecule has 0 fully saturated rings. The fourth-order valence-electron chi connectivity index (χ4n) is 2.91. The van der Waals surface area contributed by atoms with Crippen LogP contribution < -0.4 is 15.4 Å². The van der Waals surface area contributed by atoms with E-state index in [-0.39, 0.29) is 12.3 Å². The Labute approximate surface area is 170 Å². The predicted molar refractivity (Wildman–Crippen MR) is 108 cm³/mol. The summed E-state index contributed by atoms with van der Waals surface area (Å²) in [5.41, 5.74) is 1.73. The van der Waals surface area contributed by atoms with Crippen LogP contribution in [0.1, 0.15) is 18.1 Å². The van der Waals surface area contributed by atoms with E-state index in [9.17, 15) is 14.4 Å². The summed E-state index contributed by atoms with van der Waals surface area (Å²) < 4.78 is 9.97. The molecular weight excluding hydrogens is 372 g/mol. The number of ether oxygens (including phenoxy) is 2. The van der Waals surface area contributed by atoms with Crippen molar-refractivity contribution in [1.82, 2.24) is 10.6 Å². The van der Waals surface area contributed by atoms with Crippen LogP contribution in [0.5, 0.6) is 5.75 Å². The number of hydrogen-bond acceptors (Lipinski definition) is 5. The van der Waals surface area contributed by atoms with Crippen molar-refractivity contribution in [3.8, 4) is 5.75 Å². The molecule has 2 aromatic rings. The summed E-state index contributed by atoms with van der Waals surface area (Å²) in [7, 11) is 2.84. The second-order valence-corrected chi connectivity index (χ2v) is 6.58. The quantitative estimate of drug-likeness (QED) is 0.627. The zero-order valence-corrected chi connectivity index (χ0v) is 16.8. The number of carbonyl (C=O) groups excluding carboxylic acids is 3. The number of hydrogen-bond donors (Lipinski definition) is 2. The fourth-order valence-corrected chi connectivity index (χ4v) is 2.91. The first-order chi connectivity index (χ1) is 13.9. The van der Waals surface area contributed by atoms with E-state index in [4.69, 9.17) is 9.47 Å². The second-order valence-electron chi connectivity index (χ2n) is 6.58. The molecule has 2 amide bonds. The van der Waals surface area contributed by atoms with Gasteiger partial charge in [-0.3, -0.25) is 9.59 Å². The number of amides is 2. The van der Waals surface area contributed by atoms with Crippen LogP contribution in [0, 0.1) is 0 Å². The summed E-state index contributed by atoms with van der Waals surface area (Å²) in [6.07, 6.45) is 0.559. The summed E-state index contributed by atoms with van der Waals surface area (Å²) in [6, 6.07) is 14.8. The van der Waals surface area contributed by atoms with E-state index in [2.05, 4.69) is 10.6 Å². The van der Waals surface area contributed by atoms with Gasteiger partial charge in [0.1, 0.15) is 17.8 Å². The van der Waals surface area contributed by atoms with Gasteiger partial charge in [-0.15, -0.1) is 0 Å². The van der Waals surface area contributed by atoms with Gasteiger partial charge in [-0.25, -0.2) is 4.79 Å². The molecule has 0 aliphatic rings. The van der Waals surface area contributed by atoms with Crippen LogP contribution >= 0.6 is 0 Å². The highest BCUT2D eigenvalue weighted by Crippen LogP contribution is 2.13. The van der Waals surface area contributed by atoms with E-state index < -0.39 is 24.0 Å². The van der Waals surface area contributed by atoms with Crippen molar-refractivity contribution < 1.29 is 23.9 Å². The molecule has 7 heteroatoms. The van der Waals surface area contributed by atoms with E-state index in [0.717, 1.165) is 11.1 Å². The first kappa shape index (κ1) is 21.9. The van der Waals surface area contributed by atoms with Crippen LogP contribution in [0.4, 0.5) is 0 Å². The maximum atomic E-state index is 12.9. The Morgan fingerprint density at radius 1 is 0.828 bits per heavy atom. The molecule has 154 valence electrons. The molecule has 0 aliphatic heterocycles. The van der Waals surface area contributed by atoms with E-state index in [1.165, 1.54) is 14.0 Å². The Morgan fingerprint density at radius 2 is 1.41 bits per heavy atom. The lowest BCUT2D eigenvalue weighted by Crippen LogP contribution is -2.53. The van der Waals surface area contributed by atoms with E-state index >= 15 is 0 Å². The van der Waals surface area contributed by atoms with Gasteiger partial charge in [0.2, 0.25) is 11.8 Å². The number of benzene rings is 2. The van der Waals surface area contributed by atoms with Gasteiger partial charge in [-0.05, 0) is 23.3 Å². The SMILES string of the molecule is COC(=O)[C@H](Cc1ccc(OC)cc1)NC(=O)[C@H](Cc1ccccc1)NC(C)=O. The first-order valence-corrected chi connectivity index (χ1v) is 9.25. The smallest absolute Gasteiger partial charge is 0.328 e. The van der Waals surface area contributed by atoms with Gasteiger partial charge in [0.25, 0.3) is 0 Å². The maximum Gasteiger partial charge on any atom is 0.328 e. The van der Waals surface area contributed by atoms with Crippen molar-refractivity contribution in [3.05, 3.63) is 65.7 Å². The summed E-state index contributed by atoms with van der Waals surface area (Å²) >= 11 is 0. The number of carbonyl (C=O) groups is 3. The van der Waals surface area contributed by atoms with Crippen molar-refractivity contribution in [2.45, 2.75) is 31.8 Å². The van der Waals surface area contributed by atoms with Gasteiger partial charge in [0.05, 0.1) is 14.2 Å². The highest BCUT2D eigenvalue weighted by molar-refractivity contribution is 5.90. The monoisotopic (exact) mass is 398 g/mol. The molecule has 2 aromatic carbocycles.